The molecule has 3 heteroatoms. The van der Waals surface area contributed by atoms with Crippen LogP contribution in [-0.2, 0) is 0 Å². The van der Waals surface area contributed by atoms with Gasteiger partial charge in [0.25, 0.3) is 0 Å². The second kappa shape index (κ2) is 5.39. The summed E-state index contributed by atoms with van der Waals surface area (Å²) in [6, 6.07) is 4.18. The first-order valence-corrected chi connectivity index (χ1v) is 6.52. The van der Waals surface area contributed by atoms with Crippen molar-refractivity contribution in [3.63, 3.8) is 0 Å². The van der Waals surface area contributed by atoms with E-state index in [4.69, 9.17) is 4.42 Å². The van der Waals surface area contributed by atoms with Gasteiger partial charge in [0.15, 0.2) is 17.9 Å². The lowest BCUT2D eigenvalue weighted by atomic mass is 9.84. The molecule has 0 atom stereocenters. The zero-order valence-electron chi connectivity index (χ0n) is 10.7. The molecule has 0 radical (unpaired) electrons. The Balaban J connectivity index is 1.96. The van der Waals surface area contributed by atoms with E-state index in [1.165, 1.54) is 32.1 Å². The Hall–Kier alpha value is -1.25. The maximum atomic E-state index is 10.6. The monoisotopic (exact) mass is 235 g/mol. The van der Waals surface area contributed by atoms with Crippen LogP contribution in [0.2, 0.25) is 0 Å². The minimum Gasteiger partial charge on any atom is -0.438 e. The zero-order chi connectivity index (χ0) is 12.3. The normalized spacial score (nSPS) is 24.6. The van der Waals surface area contributed by atoms with E-state index in [1.54, 1.807) is 6.07 Å². The average Bonchev–Trinajstić information content (AvgIpc) is 2.87. The Kier molecular flexibility index (Phi) is 3.87. The van der Waals surface area contributed by atoms with E-state index in [0.29, 0.717) is 11.8 Å². The molecule has 0 saturated heterocycles. The number of carbonyl (C=O) groups excluding carboxylic acids is 1. The maximum Gasteiger partial charge on any atom is 0.196 e. The molecule has 0 aromatic carbocycles. The van der Waals surface area contributed by atoms with E-state index in [2.05, 4.69) is 18.9 Å². The topological polar surface area (TPSA) is 33.5 Å². The fourth-order valence-electron chi connectivity index (χ4n) is 2.72. The Labute approximate surface area is 103 Å². The third-order valence-electron chi connectivity index (χ3n) is 4.02. The van der Waals surface area contributed by atoms with Crippen LogP contribution in [0.5, 0.6) is 0 Å². The summed E-state index contributed by atoms with van der Waals surface area (Å²) in [6.45, 7) is 2.28. The van der Waals surface area contributed by atoms with Gasteiger partial charge >= 0.3 is 0 Å². The van der Waals surface area contributed by atoms with Crippen LogP contribution >= 0.6 is 0 Å². The maximum absolute atomic E-state index is 10.6. The van der Waals surface area contributed by atoms with Crippen LogP contribution in [0.4, 0.5) is 5.88 Å². The lowest BCUT2D eigenvalue weighted by Gasteiger charge is -2.34. The summed E-state index contributed by atoms with van der Waals surface area (Å²) in [5, 5.41) is 0. The third-order valence-corrected chi connectivity index (χ3v) is 4.02. The second-order valence-electron chi connectivity index (χ2n) is 4.99. The average molecular weight is 235 g/mol. The SMILES string of the molecule is CCC1CCC(N(C)c2ccc(C=O)o2)CC1. The molecule has 0 bridgehead atoms. The van der Waals surface area contributed by atoms with Crippen molar-refractivity contribution in [1.29, 1.82) is 0 Å². The van der Waals surface area contributed by atoms with Crippen molar-refractivity contribution in [1.82, 2.24) is 0 Å². The van der Waals surface area contributed by atoms with Gasteiger partial charge in [0.05, 0.1) is 0 Å². The fraction of sp³-hybridized carbons (Fsp3) is 0.643. The molecule has 0 amide bonds. The first kappa shape index (κ1) is 12.2. The highest BCUT2D eigenvalue weighted by atomic mass is 16.4. The van der Waals surface area contributed by atoms with Gasteiger partial charge in [-0.1, -0.05) is 13.3 Å². The highest BCUT2D eigenvalue weighted by Crippen LogP contribution is 2.31. The van der Waals surface area contributed by atoms with Crippen molar-refractivity contribution in [2.75, 3.05) is 11.9 Å². The first-order valence-electron chi connectivity index (χ1n) is 6.52. The smallest absolute Gasteiger partial charge is 0.196 e. The van der Waals surface area contributed by atoms with Gasteiger partial charge in [-0.05, 0) is 37.7 Å². The van der Waals surface area contributed by atoms with E-state index in [9.17, 15) is 4.79 Å². The van der Waals surface area contributed by atoms with Crippen molar-refractivity contribution in [2.24, 2.45) is 5.92 Å². The van der Waals surface area contributed by atoms with Gasteiger partial charge in [-0.15, -0.1) is 0 Å². The van der Waals surface area contributed by atoms with Crippen LogP contribution in [0.25, 0.3) is 0 Å². The summed E-state index contributed by atoms with van der Waals surface area (Å²) in [5.74, 6) is 2.13. The van der Waals surface area contributed by atoms with Crippen molar-refractivity contribution in [3.8, 4) is 0 Å². The largest absolute Gasteiger partial charge is 0.438 e. The molecule has 1 fully saturated rings. The molecule has 1 aliphatic carbocycles. The Morgan fingerprint density at radius 3 is 2.59 bits per heavy atom. The van der Waals surface area contributed by atoms with E-state index in [1.807, 2.05) is 6.07 Å². The number of hydrogen-bond acceptors (Lipinski definition) is 3. The van der Waals surface area contributed by atoms with E-state index in [0.717, 1.165) is 18.1 Å². The molecule has 1 aromatic rings. The highest BCUT2D eigenvalue weighted by Gasteiger charge is 2.24. The summed E-state index contributed by atoms with van der Waals surface area (Å²) in [4.78, 5) is 12.8. The van der Waals surface area contributed by atoms with Gasteiger partial charge in [-0.2, -0.15) is 0 Å². The number of hydrogen-bond donors (Lipinski definition) is 0. The Morgan fingerprint density at radius 1 is 1.35 bits per heavy atom. The molecule has 1 aromatic heterocycles. The van der Waals surface area contributed by atoms with Crippen LogP contribution in [0.15, 0.2) is 16.5 Å². The molecule has 1 heterocycles. The lowest BCUT2D eigenvalue weighted by Crippen LogP contribution is -2.34. The molecule has 0 aliphatic heterocycles. The summed E-state index contributed by atoms with van der Waals surface area (Å²) >= 11 is 0. The molecular weight excluding hydrogens is 214 g/mol. The van der Waals surface area contributed by atoms with Gasteiger partial charge in [-0.3, -0.25) is 4.79 Å². The minimum absolute atomic E-state index is 0.411. The molecule has 0 unspecified atom stereocenters. The number of nitrogens with zero attached hydrogens (tertiary/aromatic N) is 1. The van der Waals surface area contributed by atoms with E-state index < -0.39 is 0 Å². The van der Waals surface area contributed by atoms with Gasteiger partial charge < -0.3 is 9.32 Å². The number of carbonyl (C=O) groups is 1. The van der Waals surface area contributed by atoms with Crippen molar-refractivity contribution in [2.45, 2.75) is 45.1 Å². The first-order chi connectivity index (χ1) is 8.24. The third kappa shape index (κ3) is 2.71. The van der Waals surface area contributed by atoms with Gasteiger partial charge in [0, 0.05) is 19.2 Å². The van der Waals surface area contributed by atoms with Crippen molar-refractivity contribution in [3.05, 3.63) is 17.9 Å². The number of furan rings is 1. The lowest BCUT2D eigenvalue weighted by molar-refractivity contribution is 0.110. The van der Waals surface area contributed by atoms with Crippen LogP contribution < -0.4 is 4.90 Å². The van der Waals surface area contributed by atoms with Crippen molar-refractivity contribution < 1.29 is 9.21 Å². The predicted octanol–water partition coefficient (Wildman–Crippen LogP) is 3.50. The van der Waals surface area contributed by atoms with Gasteiger partial charge in [0.1, 0.15) is 0 Å². The number of rotatable bonds is 4. The second-order valence-corrected chi connectivity index (χ2v) is 4.99. The van der Waals surface area contributed by atoms with Gasteiger partial charge in [0.2, 0.25) is 0 Å². The summed E-state index contributed by atoms with van der Waals surface area (Å²) in [6.07, 6.45) is 7.13. The molecule has 0 spiro atoms. The van der Waals surface area contributed by atoms with Crippen LogP contribution in [0.3, 0.4) is 0 Å². The van der Waals surface area contributed by atoms with Crippen molar-refractivity contribution >= 4 is 12.2 Å². The quantitative estimate of drug-likeness (QED) is 0.749. The molecule has 94 valence electrons. The Bertz CT molecular complexity index is 364. The Morgan fingerprint density at radius 2 is 2.06 bits per heavy atom. The minimum atomic E-state index is 0.411. The fourth-order valence-corrected chi connectivity index (χ4v) is 2.72. The molecule has 1 saturated carbocycles. The standard InChI is InChI=1S/C14H21NO2/c1-3-11-4-6-12(7-5-11)15(2)14-9-8-13(10-16)17-14/h8-12H,3-7H2,1-2H3. The van der Waals surface area contributed by atoms with E-state index in [-0.39, 0.29) is 0 Å². The van der Waals surface area contributed by atoms with Crippen LogP contribution in [0.1, 0.15) is 49.6 Å². The highest BCUT2D eigenvalue weighted by molar-refractivity contribution is 5.71. The van der Waals surface area contributed by atoms with Crippen LogP contribution in [-0.4, -0.2) is 19.4 Å². The molecule has 1 aliphatic rings. The summed E-state index contributed by atoms with van der Waals surface area (Å²) in [7, 11) is 2.06. The summed E-state index contributed by atoms with van der Waals surface area (Å²) < 4.78 is 5.46. The van der Waals surface area contributed by atoms with Gasteiger partial charge in [-0.25, -0.2) is 0 Å². The number of aldehydes is 1. The summed E-state index contributed by atoms with van der Waals surface area (Å²) in [5.41, 5.74) is 0. The zero-order valence-corrected chi connectivity index (χ0v) is 10.7. The van der Waals surface area contributed by atoms with Crippen LogP contribution in [0, 0.1) is 5.92 Å². The predicted molar refractivity (Wildman–Crippen MR) is 68.5 cm³/mol. The molecular formula is C14H21NO2. The number of anilines is 1. The molecule has 17 heavy (non-hydrogen) atoms. The van der Waals surface area contributed by atoms with E-state index >= 15 is 0 Å². The molecule has 2 rings (SSSR count). The molecule has 3 nitrogen and oxygen atoms in total. The molecule has 0 N–H and O–H groups in total.